The van der Waals surface area contributed by atoms with Crippen molar-refractivity contribution >= 4 is 34.7 Å². The number of non-ortho nitro benzene ring substituents is 1. The van der Waals surface area contributed by atoms with Crippen molar-refractivity contribution in [3.8, 4) is 0 Å². The molecule has 6 rings (SSSR count). The van der Waals surface area contributed by atoms with Gasteiger partial charge in [-0.2, -0.15) is 0 Å². The molecule has 0 unspecified atom stereocenters. The van der Waals surface area contributed by atoms with Crippen LogP contribution in [0.1, 0.15) is 29.3 Å². The van der Waals surface area contributed by atoms with Gasteiger partial charge >= 0.3 is 0 Å². The van der Waals surface area contributed by atoms with Crippen molar-refractivity contribution in [2.24, 2.45) is 34.7 Å². The second kappa shape index (κ2) is 6.81. The van der Waals surface area contributed by atoms with Gasteiger partial charge in [0.1, 0.15) is 6.10 Å². The first-order valence-corrected chi connectivity index (χ1v) is 10.8. The van der Waals surface area contributed by atoms with Gasteiger partial charge in [-0.15, -0.1) is 0 Å². The Morgan fingerprint density at radius 2 is 1.64 bits per heavy atom. The topological polar surface area (TPSA) is 119 Å². The third-order valence-corrected chi connectivity index (χ3v) is 7.60. The highest BCUT2D eigenvalue weighted by Crippen LogP contribution is 2.62. The molecule has 166 valence electrons. The number of carbonyl (C=O) groups excluding carboxylic acids is 3. The number of amides is 2. The van der Waals surface area contributed by atoms with Gasteiger partial charge in [0, 0.05) is 35.1 Å². The van der Waals surface area contributed by atoms with E-state index in [9.17, 15) is 24.5 Å². The van der Waals surface area contributed by atoms with E-state index in [4.69, 9.17) is 4.84 Å². The molecule has 9 heteroatoms. The van der Waals surface area contributed by atoms with Gasteiger partial charge in [0.25, 0.3) is 5.69 Å². The van der Waals surface area contributed by atoms with E-state index in [0.717, 1.165) is 5.56 Å². The first-order chi connectivity index (χ1) is 15.9. The van der Waals surface area contributed by atoms with Crippen LogP contribution in [0, 0.1) is 39.7 Å². The van der Waals surface area contributed by atoms with E-state index in [2.05, 4.69) is 5.16 Å². The lowest BCUT2D eigenvalue weighted by Gasteiger charge is -2.29. The van der Waals surface area contributed by atoms with Crippen molar-refractivity contribution in [2.45, 2.75) is 19.4 Å². The van der Waals surface area contributed by atoms with Crippen LogP contribution in [0.3, 0.4) is 0 Å². The summed E-state index contributed by atoms with van der Waals surface area (Å²) in [6.45, 7) is 1.46. The monoisotopic (exact) mass is 445 g/mol. The number of nitro groups is 1. The van der Waals surface area contributed by atoms with Gasteiger partial charge in [0.05, 0.1) is 28.2 Å². The molecule has 0 N–H and O–H groups in total. The van der Waals surface area contributed by atoms with Crippen LogP contribution in [0.5, 0.6) is 0 Å². The maximum atomic E-state index is 13.4. The molecular weight excluding hydrogens is 426 g/mol. The average molecular weight is 445 g/mol. The molecule has 4 aliphatic rings. The number of carbonyl (C=O) groups is 3. The third kappa shape index (κ3) is 2.65. The SMILES string of the molecule is CC(=O)c1ccc(N2C(=O)[C@@H]3[C@H]4C[C@H]([C@@H]5ON=C(c6ccc([N+](=O)[O-])cc6)[C@H]45)[C@@H]3C2=O)cc1. The van der Waals surface area contributed by atoms with E-state index in [1.165, 1.54) is 24.0 Å². The molecule has 9 nitrogen and oxygen atoms in total. The third-order valence-electron chi connectivity index (χ3n) is 7.60. The molecule has 2 saturated carbocycles. The van der Waals surface area contributed by atoms with Crippen molar-refractivity contribution in [3.05, 3.63) is 69.8 Å². The lowest BCUT2D eigenvalue weighted by Crippen LogP contribution is -2.41. The zero-order valence-electron chi connectivity index (χ0n) is 17.6. The van der Waals surface area contributed by atoms with Gasteiger partial charge in [-0.25, -0.2) is 0 Å². The summed E-state index contributed by atoms with van der Waals surface area (Å²) in [6.07, 6.45) is 0.434. The number of fused-ring (bicyclic) bond motifs is 8. The van der Waals surface area contributed by atoms with Crippen LogP contribution >= 0.6 is 0 Å². The highest BCUT2D eigenvalue weighted by Gasteiger charge is 2.70. The quantitative estimate of drug-likeness (QED) is 0.309. The number of Topliss-reactive ketones (excluding diaryl/α,β-unsaturated/α-hetero) is 1. The maximum absolute atomic E-state index is 13.4. The summed E-state index contributed by atoms with van der Waals surface area (Å²) in [4.78, 5) is 55.9. The number of anilines is 1. The van der Waals surface area contributed by atoms with Crippen molar-refractivity contribution in [3.63, 3.8) is 0 Å². The molecule has 33 heavy (non-hydrogen) atoms. The van der Waals surface area contributed by atoms with Crippen molar-refractivity contribution in [1.82, 2.24) is 0 Å². The molecule has 0 spiro atoms. The fourth-order valence-corrected chi connectivity index (χ4v) is 6.22. The van der Waals surface area contributed by atoms with Crippen LogP contribution in [0.4, 0.5) is 11.4 Å². The number of hydrogen-bond acceptors (Lipinski definition) is 7. The summed E-state index contributed by atoms with van der Waals surface area (Å²) in [5.74, 6) is -1.74. The second-order valence-electron chi connectivity index (χ2n) is 9.11. The number of oxime groups is 1. The second-order valence-corrected chi connectivity index (χ2v) is 9.11. The number of rotatable bonds is 4. The van der Waals surface area contributed by atoms with Crippen LogP contribution in [-0.4, -0.2) is 34.3 Å². The standard InChI is InChI=1S/C24H19N3O6/c1-11(28)12-2-6-14(7-3-12)26-23(29)18-16-10-17(19(18)24(26)30)22-20(16)21(25-33-22)13-4-8-15(9-5-13)27(31)32/h2-9,16-20,22H,10H2,1H3/t16-,17+,18-,19+,20+,22+/m1/s1. The summed E-state index contributed by atoms with van der Waals surface area (Å²) < 4.78 is 0. The van der Waals surface area contributed by atoms with E-state index in [1.54, 1.807) is 36.4 Å². The zero-order valence-corrected chi connectivity index (χ0v) is 17.6. The van der Waals surface area contributed by atoms with Crippen LogP contribution in [0.25, 0.3) is 0 Å². The summed E-state index contributed by atoms with van der Waals surface area (Å²) in [6, 6.07) is 12.7. The van der Waals surface area contributed by atoms with Crippen LogP contribution < -0.4 is 4.90 Å². The summed E-state index contributed by atoms with van der Waals surface area (Å²) >= 11 is 0. The van der Waals surface area contributed by atoms with E-state index in [-0.39, 0.29) is 47.1 Å². The molecule has 2 amide bonds. The smallest absolute Gasteiger partial charge is 0.269 e. The molecule has 2 aromatic carbocycles. The van der Waals surface area contributed by atoms with Gasteiger partial charge in [0.15, 0.2) is 5.78 Å². The number of nitro benzene ring substituents is 1. The first-order valence-electron chi connectivity index (χ1n) is 10.8. The number of hydrogen-bond donors (Lipinski definition) is 0. The molecule has 3 fully saturated rings. The molecule has 0 radical (unpaired) electrons. The lowest BCUT2D eigenvalue weighted by atomic mass is 9.71. The Hall–Kier alpha value is -3.88. The number of benzene rings is 2. The molecule has 2 bridgehead atoms. The van der Waals surface area contributed by atoms with E-state index in [0.29, 0.717) is 23.4 Å². The summed E-state index contributed by atoms with van der Waals surface area (Å²) in [5, 5.41) is 15.2. The number of imide groups is 1. The van der Waals surface area contributed by atoms with Gasteiger partial charge in [0.2, 0.25) is 11.8 Å². The predicted octanol–water partition coefficient (Wildman–Crippen LogP) is 2.97. The minimum Gasteiger partial charge on any atom is -0.391 e. The molecule has 0 aromatic heterocycles. The fourth-order valence-electron chi connectivity index (χ4n) is 6.22. The first kappa shape index (κ1) is 19.8. The van der Waals surface area contributed by atoms with Crippen molar-refractivity contribution in [1.29, 1.82) is 0 Å². The maximum Gasteiger partial charge on any atom is 0.269 e. The highest BCUT2D eigenvalue weighted by atomic mass is 16.6. The van der Waals surface area contributed by atoms with Gasteiger partial charge in [-0.1, -0.05) is 5.16 Å². The number of nitrogens with zero attached hydrogens (tertiary/aromatic N) is 3. The van der Waals surface area contributed by atoms with Crippen LogP contribution in [0.2, 0.25) is 0 Å². The molecular formula is C24H19N3O6. The van der Waals surface area contributed by atoms with Crippen molar-refractivity contribution < 1.29 is 24.1 Å². The van der Waals surface area contributed by atoms with Gasteiger partial charge in [-0.3, -0.25) is 29.4 Å². The molecule has 2 aliphatic heterocycles. The van der Waals surface area contributed by atoms with Crippen LogP contribution in [-0.2, 0) is 14.4 Å². The van der Waals surface area contributed by atoms with E-state index >= 15 is 0 Å². The largest absolute Gasteiger partial charge is 0.391 e. The molecule has 2 heterocycles. The van der Waals surface area contributed by atoms with Crippen molar-refractivity contribution in [2.75, 3.05) is 4.90 Å². The zero-order chi connectivity index (χ0) is 23.0. The molecule has 1 saturated heterocycles. The summed E-state index contributed by atoms with van der Waals surface area (Å²) in [7, 11) is 0. The fraction of sp³-hybridized carbons (Fsp3) is 0.333. The van der Waals surface area contributed by atoms with E-state index < -0.39 is 16.8 Å². The van der Waals surface area contributed by atoms with Gasteiger partial charge in [-0.05, 0) is 55.7 Å². The summed E-state index contributed by atoms with van der Waals surface area (Å²) in [5.41, 5.74) is 2.39. The molecule has 2 aromatic rings. The highest BCUT2D eigenvalue weighted by molar-refractivity contribution is 6.23. The van der Waals surface area contributed by atoms with Gasteiger partial charge < -0.3 is 4.84 Å². The minimum atomic E-state index is -0.456. The Morgan fingerprint density at radius 1 is 1.00 bits per heavy atom. The normalized spacial score (nSPS) is 31.3. The number of ketones is 1. The Morgan fingerprint density at radius 3 is 2.24 bits per heavy atom. The minimum absolute atomic E-state index is 0.00850. The molecule has 2 aliphatic carbocycles. The molecule has 6 atom stereocenters. The van der Waals surface area contributed by atoms with E-state index in [1.807, 2.05) is 0 Å². The Labute approximate surface area is 188 Å². The predicted molar refractivity (Wildman–Crippen MR) is 116 cm³/mol. The Bertz CT molecular complexity index is 1250. The Balaban J connectivity index is 1.30. The average Bonchev–Trinajstić information content (AvgIpc) is 3.54. The van der Waals surface area contributed by atoms with Crippen LogP contribution in [0.15, 0.2) is 53.7 Å². The Kier molecular flexibility index (Phi) is 4.08. The lowest BCUT2D eigenvalue weighted by molar-refractivity contribution is -0.384.